The maximum Gasteiger partial charge on any atom is 0.413 e. The van der Waals surface area contributed by atoms with Gasteiger partial charge in [0.25, 0.3) is 11.8 Å². The number of benzene rings is 4. The molecule has 1 saturated heterocycles. The average Bonchev–Trinajstić information content (AvgIpc) is 3.99. The third-order valence-corrected chi connectivity index (χ3v) is 13.3. The van der Waals surface area contributed by atoms with Gasteiger partial charge in [-0.1, -0.05) is 139 Å². The zero-order chi connectivity index (χ0) is 45.1. The molecule has 2 aliphatic heterocycles. The summed E-state index contributed by atoms with van der Waals surface area (Å²) in [4.78, 5) is 74.5. The lowest BCUT2D eigenvalue weighted by molar-refractivity contribution is -0.154. The fraction of sp³-hybridized carbons (Fsp3) is 0.196. The monoisotopic (exact) mass is 928 g/mol. The Morgan fingerprint density at radius 1 is 0.862 bits per heavy atom. The number of rotatable bonds is 17. The van der Waals surface area contributed by atoms with E-state index in [-0.39, 0.29) is 47.5 Å². The summed E-state index contributed by atoms with van der Waals surface area (Å²) in [6.45, 7) is 0.0613. The minimum Gasteiger partial charge on any atom is -0.461 e. The van der Waals surface area contributed by atoms with Crippen LogP contribution in [-0.4, -0.2) is 82.9 Å². The van der Waals surface area contributed by atoms with Crippen molar-refractivity contribution < 1.29 is 38.2 Å². The zero-order valence-electron chi connectivity index (χ0n) is 34.6. The lowest BCUT2D eigenvalue weighted by Crippen LogP contribution is -2.70. The number of amides is 3. The first-order chi connectivity index (χ1) is 31.7. The number of fused-ring (bicyclic) bond motifs is 1. The van der Waals surface area contributed by atoms with Crippen molar-refractivity contribution in [2.24, 2.45) is 7.05 Å². The molecule has 16 nitrogen and oxygen atoms in total. The van der Waals surface area contributed by atoms with Gasteiger partial charge in [0.05, 0.1) is 17.7 Å². The number of carbonyl (C=O) groups is 5. The molecule has 2 aromatic heterocycles. The van der Waals surface area contributed by atoms with Crippen LogP contribution in [0.1, 0.15) is 40.5 Å². The van der Waals surface area contributed by atoms with E-state index in [0.29, 0.717) is 16.5 Å². The molecule has 0 spiro atoms. The summed E-state index contributed by atoms with van der Waals surface area (Å²) in [7, 11) is 1.70. The highest BCUT2D eigenvalue weighted by Crippen LogP contribution is 2.43. The van der Waals surface area contributed by atoms with Gasteiger partial charge < -0.3 is 19.5 Å². The molecule has 4 aromatic carbocycles. The van der Waals surface area contributed by atoms with Gasteiger partial charge in [0.15, 0.2) is 11.2 Å². The summed E-state index contributed by atoms with van der Waals surface area (Å²) < 4.78 is 18.6. The second kappa shape index (κ2) is 21.1. The Hall–Kier alpha value is -7.09. The number of carbonyl (C=O) groups excluding carboxylic acids is 5. The standard InChI is InChI=1S/C46H40N8O8S3/c1-53-45(50-51-52-53)65-27-33-26-63-42-37(41(57)54(42)38(33)43(58)62-39(31-18-10-4-11-19-31)32-20-12-5-13-21-32)48-40(56)34(22-23-36(55)60-24-29-14-6-2-7-15-29)35-28-64-44(47-35)49-46(59)61-25-30-16-8-3-9-17-30/h2-22,28,37,39,42H,23-27H2,1H3,(H,48,56)(H,47,49,59)/b34-22+/t37?,42-/m1/s1. The highest BCUT2D eigenvalue weighted by atomic mass is 32.2. The van der Waals surface area contributed by atoms with Crippen LogP contribution < -0.4 is 10.6 Å². The Labute approximate surface area is 385 Å². The fourth-order valence-electron chi connectivity index (χ4n) is 6.84. The normalized spacial score (nSPS) is 15.8. The zero-order valence-corrected chi connectivity index (χ0v) is 37.1. The number of nitrogens with one attached hydrogen (secondary N) is 2. The first kappa shape index (κ1) is 44.5. The molecule has 8 rings (SSSR count). The van der Waals surface area contributed by atoms with Crippen molar-refractivity contribution >= 4 is 75.4 Å². The third-order valence-electron chi connectivity index (χ3n) is 10.1. The van der Waals surface area contributed by atoms with Crippen LogP contribution in [0.2, 0.25) is 0 Å². The van der Waals surface area contributed by atoms with Crippen molar-refractivity contribution in [3.8, 4) is 0 Å². The number of hydrogen-bond donors (Lipinski definition) is 2. The Bertz CT molecular complexity index is 2680. The molecule has 19 heteroatoms. The number of hydrogen-bond acceptors (Lipinski definition) is 15. The van der Waals surface area contributed by atoms with E-state index in [1.165, 1.54) is 39.2 Å². The van der Waals surface area contributed by atoms with Gasteiger partial charge >= 0.3 is 18.0 Å². The van der Waals surface area contributed by atoms with Gasteiger partial charge in [-0.2, -0.15) is 0 Å². The quantitative estimate of drug-likeness (QED) is 0.0322. The van der Waals surface area contributed by atoms with Crippen LogP contribution in [0.5, 0.6) is 0 Å². The Morgan fingerprint density at radius 3 is 2.09 bits per heavy atom. The van der Waals surface area contributed by atoms with Gasteiger partial charge in [-0.3, -0.25) is 24.6 Å². The smallest absolute Gasteiger partial charge is 0.413 e. The molecule has 3 amide bonds. The number of esters is 2. The van der Waals surface area contributed by atoms with Crippen molar-refractivity contribution in [2.45, 2.75) is 42.3 Å². The SMILES string of the molecule is Cn1nnnc1SCC1=C(C(=O)OC(c2ccccc2)c2ccccc2)N2C(=O)C(NC(=O)/C(=C/CC(=O)OCc3ccccc3)c3csc(NC(=O)OCc4ccccc4)n3)[C@H]2SC1. The first-order valence-corrected chi connectivity index (χ1v) is 23.1. The van der Waals surface area contributed by atoms with Crippen LogP contribution in [0.4, 0.5) is 9.93 Å². The van der Waals surface area contributed by atoms with Gasteiger partial charge in [0.2, 0.25) is 5.16 Å². The molecule has 330 valence electrons. The van der Waals surface area contributed by atoms with Crippen molar-refractivity contribution in [1.29, 1.82) is 0 Å². The van der Waals surface area contributed by atoms with Gasteiger partial charge in [-0.15, -0.1) is 28.2 Å². The number of nitrogens with zero attached hydrogens (tertiary/aromatic N) is 6. The third kappa shape index (κ3) is 11.0. The predicted molar refractivity (Wildman–Crippen MR) is 244 cm³/mol. The van der Waals surface area contributed by atoms with E-state index in [1.54, 1.807) is 12.4 Å². The van der Waals surface area contributed by atoms with E-state index in [2.05, 4.69) is 31.1 Å². The van der Waals surface area contributed by atoms with Crippen molar-refractivity contribution in [3.05, 3.63) is 172 Å². The van der Waals surface area contributed by atoms with Gasteiger partial charge in [0.1, 0.15) is 30.3 Å². The van der Waals surface area contributed by atoms with Crippen LogP contribution in [0.25, 0.3) is 5.57 Å². The average molecular weight is 929 g/mol. The van der Waals surface area contributed by atoms with E-state index >= 15 is 0 Å². The van der Waals surface area contributed by atoms with E-state index < -0.39 is 47.4 Å². The summed E-state index contributed by atoms with van der Waals surface area (Å²) in [5.41, 5.74) is 3.87. The molecule has 0 radical (unpaired) electrons. The van der Waals surface area contributed by atoms with Crippen molar-refractivity contribution in [3.63, 3.8) is 0 Å². The van der Waals surface area contributed by atoms with E-state index in [4.69, 9.17) is 14.2 Å². The van der Waals surface area contributed by atoms with Gasteiger partial charge in [-0.05, 0) is 38.3 Å². The Kier molecular flexibility index (Phi) is 14.4. The summed E-state index contributed by atoms with van der Waals surface area (Å²) >= 11 is 3.73. The number of ether oxygens (including phenoxy) is 3. The molecule has 0 saturated carbocycles. The summed E-state index contributed by atoms with van der Waals surface area (Å²) in [6.07, 6.45) is -0.472. The second-order valence-corrected chi connectivity index (χ2v) is 17.4. The number of tetrazole rings is 1. The van der Waals surface area contributed by atoms with Gasteiger partial charge in [-0.25, -0.2) is 19.3 Å². The van der Waals surface area contributed by atoms with Crippen LogP contribution in [-0.2, 0) is 53.7 Å². The molecule has 2 atom stereocenters. The number of thioether (sulfide) groups is 2. The largest absolute Gasteiger partial charge is 0.461 e. The molecule has 2 N–H and O–H groups in total. The lowest BCUT2D eigenvalue weighted by Gasteiger charge is -2.50. The number of anilines is 1. The molecule has 0 bridgehead atoms. The maximum atomic E-state index is 14.5. The molecule has 4 heterocycles. The number of β-lactam (4-membered cyclic amide) rings is 1. The van der Waals surface area contributed by atoms with Crippen LogP contribution in [0.15, 0.2) is 149 Å². The molecular weight excluding hydrogens is 889 g/mol. The van der Waals surface area contributed by atoms with E-state index in [0.717, 1.165) is 33.6 Å². The molecule has 1 fully saturated rings. The predicted octanol–water partition coefficient (Wildman–Crippen LogP) is 6.71. The molecule has 2 aliphatic rings. The molecule has 1 unspecified atom stereocenters. The minimum absolute atomic E-state index is 0.0297. The van der Waals surface area contributed by atoms with Crippen LogP contribution in [0.3, 0.4) is 0 Å². The maximum absolute atomic E-state index is 14.5. The number of thiazole rings is 1. The highest BCUT2D eigenvalue weighted by molar-refractivity contribution is 8.01. The minimum atomic E-state index is -1.07. The topological polar surface area (TPSA) is 197 Å². The van der Waals surface area contributed by atoms with E-state index in [1.807, 2.05) is 121 Å². The van der Waals surface area contributed by atoms with Crippen LogP contribution in [0, 0.1) is 0 Å². The molecule has 0 aliphatic carbocycles. The summed E-state index contributed by atoms with van der Waals surface area (Å²) in [6, 6.07) is 35.9. The van der Waals surface area contributed by atoms with Crippen molar-refractivity contribution in [2.75, 3.05) is 16.8 Å². The first-order valence-electron chi connectivity index (χ1n) is 20.2. The van der Waals surface area contributed by atoms with Crippen molar-refractivity contribution in [1.82, 2.24) is 35.4 Å². The summed E-state index contributed by atoms with van der Waals surface area (Å²) in [5.74, 6) is -1.97. The number of aromatic nitrogens is 5. The molecule has 6 aromatic rings. The second-order valence-electron chi connectivity index (χ2n) is 14.5. The summed E-state index contributed by atoms with van der Waals surface area (Å²) in [5, 5.41) is 18.6. The molecular formula is C46H40N8O8S3. The lowest BCUT2D eigenvalue weighted by atomic mass is 10.0. The Morgan fingerprint density at radius 2 is 1.48 bits per heavy atom. The Balaban J connectivity index is 1.02. The van der Waals surface area contributed by atoms with Crippen LogP contribution >= 0.6 is 34.9 Å². The van der Waals surface area contributed by atoms with Gasteiger partial charge in [0, 0.05) is 23.9 Å². The highest BCUT2D eigenvalue weighted by Gasteiger charge is 2.55. The van der Waals surface area contributed by atoms with E-state index in [9.17, 15) is 24.0 Å². The molecule has 65 heavy (non-hydrogen) atoms. The fourth-order valence-corrected chi connectivity index (χ4v) is 9.87. The number of aryl methyl sites for hydroxylation is 1.